The number of halogens is 1. The van der Waals surface area contributed by atoms with Gasteiger partial charge in [-0.05, 0) is 49.7 Å². The summed E-state index contributed by atoms with van der Waals surface area (Å²) >= 11 is 0. The number of ether oxygens (including phenoxy) is 2. The highest BCUT2D eigenvalue weighted by Gasteiger charge is 2.12. The number of nitrogens with two attached hydrogens (primary N) is 1. The van der Waals surface area contributed by atoms with Crippen LogP contribution in [0.2, 0.25) is 0 Å². The minimum Gasteiger partial charge on any atom is -0.487 e. The van der Waals surface area contributed by atoms with Crippen molar-refractivity contribution in [2.45, 2.75) is 26.6 Å². The maximum Gasteiger partial charge on any atom is 0.338 e. The molecule has 0 aromatic heterocycles. The van der Waals surface area contributed by atoms with E-state index in [0.717, 1.165) is 0 Å². The lowest BCUT2D eigenvalue weighted by Gasteiger charge is -2.12. The molecule has 2 N–H and O–H groups in total. The zero-order valence-corrected chi connectivity index (χ0v) is 12.5. The second kappa shape index (κ2) is 6.93. The van der Waals surface area contributed by atoms with Crippen molar-refractivity contribution in [3.63, 3.8) is 0 Å². The Hall–Kier alpha value is -2.56. The number of nitrogen functional groups attached to an aromatic ring is 1. The molecule has 0 atom stereocenters. The molecular formula is C17H18FNO3. The Labute approximate surface area is 128 Å². The van der Waals surface area contributed by atoms with Crippen LogP contribution in [-0.4, -0.2) is 12.1 Å². The zero-order chi connectivity index (χ0) is 16.1. The van der Waals surface area contributed by atoms with Crippen molar-refractivity contribution in [3.05, 3.63) is 59.4 Å². The van der Waals surface area contributed by atoms with Gasteiger partial charge in [0.1, 0.15) is 18.2 Å². The summed E-state index contributed by atoms with van der Waals surface area (Å²) in [5.41, 5.74) is 7.27. The molecule has 0 heterocycles. The third kappa shape index (κ3) is 4.22. The summed E-state index contributed by atoms with van der Waals surface area (Å²) in [6, 6.07) is 10.8. The quantitative estimate of drug-likeness (QED) is 0.678. The molecule has 2 aromatic carbocycles. The molecule has 0 amide bonds. The Bertz CT molecular complexity index is 671. The molecule has 0 aliphatic heterocycles. The first-order chi connectivity index (χ1) is 10.5. The van der Waals surface area contributed by atoms with Gasteiger partial charge in [-0.15, -0.1) is 0 Å². The number of rotatable bonds is 5. The molecule has 116 valence electrons. The van der Waals surface area contributed by atoms with E-state index in [1.54, 1.807) is 38.1 Å². The van der Waals surface area contributed by atoms with Crippen LogP contribution >= 0.6 is 0 Å². The molecule has 0 fully saturated rings. The van der Waals surface area contributed by atoms with Crippen molar-refractivity contribution >= 4 is 11.7 Å². The van der Waals surface area contributed by atoms with E-state index < -0.39 is 5.97 Å². The summed E-state index contributed by atoms with van der Waals surface area (Å²) < 4.78 is 23.8. The van der Waals surface area contributed by atoms with E-state index in [1.807, 2.05) is 0 Å². The maximum absolute atomic E-state index is 13.1. The van der Waals surface area contributed by atoms with Gasteiger partial charge in [0.05, 0.1) is 17.4 Å². The van der Waals surface area contributed by atoms with Gasteiger partial charge in [0, 0.05) is 0 Å². The Morgan fingerprint density at radius 3 is 2.68 bits per heavy atom. The second-order valence-electron chi connectivity index (χ2n) is 5.13. The molecule has 0 aliphatic rings. The third-order valence-electron chi connectivity index (χ3n) is 2.88. The number of carbonyl (C=O) groups is 1. The standard InChI is InChI=1S/C17H18FNO3/c1-11(2)22-17(20)13-6-7-15(19)16(9-13)21-10-12-4-3-5-14(18)8-12/h3-9,11H,10,19H2,1-2H3. The lowest BCUT2D eigenvalue weighted by atomic mass is 10.2. The zero-order valence-electron chi connectivity index (χ0n) is 12.5. The summed E-state index contributed by atoms with van der Waals surface area (Å²) in [5.74, 6) is -0.406. The van der Waals surface area contributed by atoms with Crippen molar-refractivity contribution in [2.75, 3.05) is 5.73 Å². The molecule has 0 unspecified atom stereocenters. The summed E-state index contributed by atoms with van der Waals surface area (Å²) in [6.45, 7) is 3.71. The molecule has 4 nitrogen and oxygen atoms in total. The predicted molar refractivity (Wildman–Crippen MR) is 82.1 cm³/mol. The van der Waals surface area contributed by atoms with E-state index in [4.69, 9.17) is 15.2 Å². The molecule has 0 spiro atoms. The van der Waals surface area contributed by atoms with Crippen LogP contribution in [0.3, 0.4) is 0 Å². The van der Waals surface area contributed by atoms with Crippen molar-refractivity contribution in [3.8, 4) is 5.75 Å². The van der Waals surface area contributed by atoms with Crippen LogP contribution in [0, 0.1) is 5.82 Å². The van der Waals surface area contributed by atoms with E-state index in [-0.39, 0.29) is 18.5 Å². The van der Waals surface area contributed by atoms with Crippen LogP contribution in [0.4, 0.5) is 10.1 Å². The van der Waals surface area contributed by atoms with Crippen LogP contribution in [-0.2, 0) is 11.3 Å². The fraction of sp³-hybridized carbons (Fsp3) is 0.235. The van der Waals surface area contributed by atoms with Crippen molar-refractivity contribution in [1.82, 2.24) is 0 Å². The van der Waals surface area contributed by atoms with Gasteiger partial charge in [0.2, 0.25) is 0 Å². The fourth-order valence-electron chi connectivity index (χ4n) is 1.86. The number of anilines is 1. The van der Waals surface area contributed by atoms with E-state index in [1.165, 1.54) is 18.2 Å². The van der Waals surface area contributed by atoms with E-state index >= 15 is 0 Å². The van der Waals surface area contributed by atoms with Gasteiger partial charge in [-0.25, -0.2) is 9.18 Å². The maximum atomic E-state index is 13.1. The lowest BCUT2D eigenvalue weighted by molar-refractivity contribution is 0.0377. The molecule has 22 heavy (non-hydrogen) atoms. The second-order valence-corrected chi connectivity index (χ2v) is 5.13. The van der Waals surface area contributed by atoms with Crippen molar-refractivity contribution in [2.24, 2.45) is 0 Å². The first kappa shape index (κ1) is 15.8. The topological polar surface area (TPSA) is 61.5 Å². The monoisotopic (exact) mass is 303 g/mol. The molecule has 0 aliphatic carbocycles. The van der Waals surface area contributed by atoms with Gasteiger partial charge >= 0.3 is 5.97 Å². The third-order valence-corrected chi connectivity index (χ3v) is 2.88. The molecule has 0 saturated heterocycles. The lowest BCUT2D eigenvalue weighted by Crippen LogP contribution is -2.12. The first-order valence-corrected chi connectivity index (χ1v) is 6.93. The van der Waals surface area contributed by atoms with E-state index in [2.05, 4.69) is 0 Å². The number of hydrogen-bond donors (Lipinski definition) is 1. The van der Waals surface area contributed by atoms with Gasteiger partial charge in [0.15, 0.2) is 0 Å². The Balaban J connectivity index is 2.11. The van der Waals surface area contributed by atoms with E-state index in [0.29, 0.717) is 22.6 Å². The summed E-state index contributed by atoms with van der Waals surface area (Å²) in [7, 11) is 0. The SMILES string of the molecule is CC(C)OC(=O)c1ccc(N)c(OCc2cccc(F)c2)c1. The predicted octanol–water partition coefficient (Wildman–Crippen LogP) is 3.55. The highest BCUT2D eigenvalue weighted by atomic mass is 19.1. The first-order valence-electron chi connectivity index (χ1n) is 6.93. The summed E-state index contributed by atoms with van der Waals surface area (Å²) in [6.07, 6.45) is -0.207. The normalized spacial score (nSPS) is 10.5. The van der Waals surface area contributed by atoms with Gasteiger partial charge in [-0.2, -0.15) is 0 Å². The molecule has 0 saturated carbocycles. The molecule has 2 aromatic rings. The van der Waals surface area contributed by atoms with Gasteiger partial charge in [-0.1, -0.05) is 12.1 Å². The number of hydrogen-bond acceptors (Lipinski definition) is 4. The Morgan fingerprint density at radius 2 is 2.00 bits per heavy atom. The smallest absolute Gasteiger partial charge is 0.338 e. The van der Waals surface area contributed by atoms with Crippen molar-refractivity contribution < 1.29 is 18.7 Å². The fourth-order valence-corrected chi connectivity index (χ4v) is 1.86. The molecule has 5 heteroatoms. The highest BCUT2D eigenvalue weighted by molar-refractivity contribution is 5.90. The number of carbonyl (C=O) groups excluding carboxylic acids is 1. The number of esters is 1. The largest absolute Gasteiger partial charge is 0.487 e. The minimum absolute atomic E-state index is 0.157. The average molecular weight is 303 g/mol. The van der Waals surface area contributed by atoms with Gasteiger partial charge in [-0.3, -0.25) is 0 Å². The van der Waals surface area contributed by atoms with Crippen LogP contribution in [0.1, 0.15) is 29.8 Å². The van der Waals surface area contributed by atoms with Crippen LogP contribution < -0.4 is 10.5 Å². The Morgan fingerprint density at radius 1 is 1.23 bits per heavy atom. The molecule has 2 rings (SSSR count). The number of benzene rings is 2. The summed E-state index contributed by atoms with van der Waals surface area (Å²) in [4.78, 5) is 11.9. The molecular weight excluding hydrogens is 285 g/mol. The van der Waals surface area contributed by atoms with Crippen LogP contribution in [0.5, 0.6) is 5.75 Å². The Kier molecular flexibility index (Phi) is 4.99. The van der Waals surface area contributed by atoms with Crippen LogP contribution in [0.15, 0.2) is 42.5 Å². The molecule has 0 bridgehead atoms. The van der Waals surface area contributed by atoms with Crippen LogP contribution in [0.25, 0.3) is 0 Å². The van der Waals surface area contributed by atoms with Gasteiger partial charge in [0.25, 0.3) is 0 Å². The highest BCUT2D eigenvalue weighted by Crippen LogP contribution is 2.24. The average Bonchev–Trinajstić information content (AvgIpc) is 2.45. The minimum atomic E-state index is -0.439. The molecule has 0 radical (unpaired) electrons. The van der Waals surface area contributed by atoms with Crippen molar-refractivity contribution in [1.29, 1.82) is 0 Å². The van der Waals surface area contributed by atoms with Gasteiger partial charge < -0.3 is 15.2 Å². The summed E-state index contributed by atoms with van der Waals surface area (Å²) in [5, 5.41) is 0. The van der Waals surface area contributed by atoms with E-state index in [9.17, 15) is 9.18 Å².